The van der Waals surface area contributed by atoms with Crippen LogP contribution in [0.2, 0.25) is 0 Å². The van der Waals surface area contributed by atoms with Crippen molar-refractivity contribution in [3.05, 3.63) is 18.7 Å². The van der Waals surface area contributed by atoms with E-state index in [9.17, 15) is 4.79 Å². The first kappa shape index (κ1) is 12.7. The van der Waals surface area contributed by atoms with Gasteiger partial charge in [0.25, 0.3) is 0 Å². The van der Waals surface area contributed by atoms with Crippen molar-refractivity contribution in [2.45, 2.75) is 50.1 Å². The molecule has 1 saturated carbocycles. The van der Waals surface area contributed by atoms with Crippen LogP contribution in [0.25, 0.3) is 0 Å². The zero-order chi connectivity index (χ0) is 13.3. The lowest BCUT2D eigenvalue weighted by Gasteiger charge is -2.37. The van der Waals surface area contributed by atoms with Crippen molar-refractivity contribution in [3.8, 4) is 0 Å². The molecular formula is C14H22N4O. The molecule has 1 aromatic rings. The molecule has 1 aliphatic heterocycles. The minimum absolute atomic E-state index is 0.175. The van der Waals surface area contributed by atoms with Crippen molar-refractivity contribution in [2.75, 3.05) is 13.1 Å². The highest BCUT2D eigenvalue weighted by Gasteiger charge is 2.40. The van der Waals surface area contributed by atoms with Crippen LogP contribution in [0.5, 0.6) is 0 Å². The number of hydrogen-bond donors (Lipinski definition) is 1. The maximum Gasteiger partial charge on any atom is 0.242 e. The van der Waals surface area contributed by atoms with Gasteiger partial charge in [0.05, 0.1) is 11.9 Å². The van der Waals surface area contributed by atoms with E-state index in [4.69, 9.17) is 5.73 Å². The lowest BCUT2D eigenvalue weighted by molar-refractivity contribution is -0.138. The van der Waals surface area contributed by atoms with Gasteiger partial charge in [0.1, 0.15) is 0 Å². The molecule has 0 radical (unpaired) electrons. The van der Waals surface area contributed by atoms with Gasteiger partial charge in [0, 0.05) is 31.5 Å². The Hall–Kier alpha value is -1.36. The summed E-state index contributed by atoms with van der Waals surface area (Å²) in [5, 5.41) is 0. The second-order valence-corrected chi connectivity index (χ2v) is 5.90. The summed E-state index contributed by atoms with van der Waals surface area (Å²) in [5.74, 6) is 0.175. The molecule has 3 rings (SSSR count). The van der Waals surface area contributed by atoms with Gasteiger partial charge in [-0.05, 0) is 25.7 Å². The van der Waals surface area contributed by atoms with Gasteiger partial charge in [-0.2, -0.15) is 0 Å². The van der Waals surface area contributed by atoms with Gasteiger partial charge >= 0.3 is 0 Å². The minimum Gasteiger partial charge on any atom is -0.341 e. The number of nitrogens with zero attached hydrogens (tertiary/aromatic N) is 3. The van der Waals surface area contributed by atoms with Gasteiger partial charge in [0.15, 0.2) is 0 Å². The van der Waals surface area contributed by atoms with E-state index in [0.717, 1.165) is 51.6 Å². The molecule has 5 nitrogen and oxygen atoms in total. The fourth-order valence-corrected chi connectivity index (χ4v) is 3.39. The second kappa shape index (κ2) is 4.96. The van der Waals surface area contributed by atoms with E-state index in [1.54, 1.807) is 0 Å². The molecule has 2 heterocycles. The molecule has 0 atom stereocenters. The summed E-state index contributed by atoms with van der Waals surface area (Å²) >= 11 is 0. The third-order valence-electron chi connectivity index (χ3n) is 4.62. The van der Waals surface area contributed by atoms with Crippen LogP contribution in [0.1, 0.15) is 44.6 Å². The molecule has 104 valence electrons. The van der Waals surface area contributed by atoms with Crippen molar-refractivity contribution in [2.24, 2.45) is 5.73 Å². The topological polar surface area (TPSA) is 64.2 Å². The molecule has 0 aromatic carbocycles. The Kier molecular flexibility index (Phi) is 3.31. The van der Waals surface area contributed by atoms with Crippen LogP contribution < -0.4 is 5.73 Å². The van der Waals surface area contributed by atoms with E-state index >= 15 is 0 Å². The molecular weight excluding hydrogens is 240 g/mol. The molecule has 19 heavy (non-hydrogen) atoms. The molecule has 5 heteroatoms. The van der Waals surface area contributed by atoms with E-state index in [2.05, 4.69) is 9.55 Å². The van der Waals surface area contributed by atoms with Gasteiger partial charge in [-0.15, -0.1) is 0 Å². The van der Waals surface area contributed by atoms with Crippen LogP contribution in [0.4, 0.5) is 0 Å². The van der Waals surface area contributed by atoms with Gasteiger partial charge in [0.2, 0.25) is 5.91 Å². The molecule has 0 bridgehead atoms. The number of nitrogens with two attached hydrogens (primary N) is 1. The molecule has 1 amide bonds. The van der Waals surface area contributed by atoms with Crippen LogP contribution >= 0.6 is 0 Å². The zero-order valence-corrected chi connectivity index (χ0v) is 11.3. The quantitative estimate of drug-likeness (QED) is 0.874. The molecule has 0 unspecified atom stereocenters. The molecule has 2 aliphatic rings. The predicted octanol–water partition coefficient (Wildman–Crippen LogP) is 1.32. The summed E-state index contributed by atoms with van der Waals surface area (Å²) in [6, 6.07) is 0.476. The van der Waals surface area contributed by atoms with Crippen molar-refractivity contribution >= 4 is 5.91 Å². The van der Waals surface area contributed by atoms with Gasteiger partial charge < -0.3 is 15.2 Å². The number of amides is 1. The highest BCUT2D eigenvalue weighted by atomic mass is 16.2. The van der Waals surface area contributed by atoms with Crippen LogP contribution in [0, 0.1) is 0 Å². The zero-order valence-electron chi connectivity index (χ0n) is 11.3. The van der Waals surface area contributed by atoms with Crippen molar-refractivity contribution in [1.29, 1.82) is 0 Å². The van der Waals surface area contributed by atoms with Gasteiger partial charge in [-0.3, -0.25) is 4.79 Å². The van der Waals surface area contributed by atoms with Crippen LogP contribution in [0.3, 0.4) is 0 Å². The largest absolute Gasteiger partial charge is 0.341 e. The third kappa shape index (κ3) is 2.39. The fraction of sp³-hybridized carbons (Fsp3) is 0.714. The number of rotatable bonds is 2. The first-order chi connectivity index (χ1) is 9.19. The minimum atomic E-state index is -0.568. The molecule has 1 saturated heterocycles. The van der Waals surface area contributed by atoms with Crippen molar-refractivity contribution < 1.29 is 4.79 Å². The molecule has 2 N–H and O–H groups in total. The molecule has 1 aliphatic carbocycles. The standard InChI is InChI=1S/C14H22N4O/c15-14(5-1-2-6-14)13(19)17-8-3-12(4-9-17)18-10-7-16-11-18/h7,10-12H,1-6,8-9,15H2. The van der Waals surface area contributed by atoms with Crippen LogP contribution in [-0.2, 0) is 4.79 Å². The molecule has 0 spiro atoms. The smallest absolute Gasteiger partial charge is 0.242 e. The number of piperidine rings is 1. The van der Waals surface area contributed by atoms with E-state index in [0.29, 0.717) is 6.04 Å². The predicted molar refractivity (Wildman–Crippen MR) is 72.5 cm³/mol. The summed E-state index contributed by atoms with van der Waals surface area (Å²) in [6.07, 6.45) is 11.6. The average Bonchev–Trinajstić information content (AvgIpc) is 3.10. The number of imidazole rings is 1. The fourth-order valence-electron chi connectivity index (χ4n) is 3.39. The summed E-state index contributed by atoms with van der Waals surface area (Å²) in [5.41, 5.74) is 5.69. The normalized spacial score (nSPS) is 23.7. The Labute approximate surface area is 113 Å². The summed E-state index contributed by atoms with van der Waals surface area (Å²) in [7, 11) is 0. The third-order valence-corrected chi connectivity index (χ3v) is 4.62. The highest BCUT2D eigenvalue weighted by Crippen LogP contribution is 2.31. The average molecular weight is 262 g/mol. The lowest BCUT2D eigenvalue weighted by Crippen LogP contribution is -2.55. The number of carbonyl (C=O) groups excluding carboxylic acids is 1. The first-order valence-electron chi connectivity index (χ1n) is 7.25. The van der Waals surface area contributed by atoms with Crippen molar-refractivity contribution in [3.63, 3.8) is 0 Å². The Morgan fingerprint density at radius 3 is 2.53 bits per heavy atom. The Balaban J connectivity index is 1.59. The van der Waals surface area contributed by atoms with E-state index in [1.165, 1.54) is 0 Å². The second-order valence-electron chi connectivity index (χ2n) is 5.90. The van der Waals surface area contributed by atoms with E-state index in [-0.39, 0.29) is 5.91 Å². The Bertz CT molecular complexity index is 428. The number of aromatic nitrogens is 2. The van der Waals surface area contributed by atoms with Crippen LogP contribution in [-0.4, -0.2) is 39.0 Å². The summed E-state index contributed by atoms with van der Waals surface area (Å²) in [6.45, 7) is 1.64. The summed E-state index contributed by atoms with van der Waals surface area (Å²) in [4.78, 5) is 18.6. The van der Waals surface area contributed by atoms with Crippen LogP contribution in [0.15, 0.2) is 18.7 Å². The van der Waals surface area contributed by atoms with Crippen molar-refractivity contribution in [1.82, 2.24) is 14.5 Å². The molecule has 1 aromatic heterocycles. The Morgan fingerprint density at radius 1 is 1.26 bits per heavy atom. The van der Waals surface area contributed by atoms with E-state index in [1.807, 2.05) is 23.6 Å². The van der Waals surface area contributed by atoms with Gasteiger partial charge in [-0.25, -0.2) is 4.98 Å². The maximum absolute atomic E-state index is 12.5. The number of carbonyl (C=O) groups is 1. The molecule has 2 fully saturated rings. The summed E-state index contributed by atoms with van der Waals surface area (Å²) < 4.78 is 2.15. The number of hydrogen-bond acceptors (Lipinski definition) is 3. The lowest BCUT2D eigenvalue weighted by atomic mass is 9.95. The SMILES string of the molecule is NC1(C(=O)N2CCC(n3ccnc3)CC2)CCCC1. The van der Waals surface area contributed by atoms with E-state index < -0.39 is 5.54 Å². The maximum atomic E-state index is 12.5. The monoisotopic (exact) mass is 262 g/mol. The Morgan fingerprint density at radius 2 is 1.95 bits per heavy atom. The number of likely N-dealkylation sites (tertiary alicyclic amines) is 1. The highest BCUT2D eigenvalue weighted by molar-refractivity contribution is 5.86. The first-order valence-corrected chi connectivity index (χ1v) is 7.25. The van der Waals surface area contributed by atoms with Gasteiger partial charge in [-0.1, -0.05) is 12.8 Å².